The van der Waals surface area contributed by atoms with Crippen LogP contribution in [-0.4, -0.2) is 38.4 Å². The van der Waals surface area contributed by atoms with Gasteiger partial charge in [-0.25, -0.2) is 4.98 Å². The number of rotatable bonds is 4. The highest BCUT2D eigenvalue weighted by Crippen LogP contribution is 2.30. The lowest BCUT2D eigenvalue weighted by atomic mass is 10.0. The van der Waals surface area contributed by atoms with E-state index in [2.05, 4.69) is 27.4 Å². The highest BCUT2D eigenvalue weighted by atomic mass is 32.1. The number of aromatic nitrogens is 3. The van der Waals surface area contributed by atoms with Crippen molar-refractivity contribution >= 4 is 35.3 Å². The number of anilines is 2. The molecule has 6 nitrogen and oxygen atoms in total. The van der Waals surface area contributed by atoms with Crippen molar-refractivity contribution in [2.45, 2.75) is 6.67 Å². The summed E-state index contributed by atoms with van der Waals surface area (Å²) in [5.41, 5.74) is 3.21. The predicted molar refractivity (Wildman–Crippen MR) is 123 cm³/mol. The van der Waals surface area contributed by atoms with Crippen LogP contribution in [0, 0.1) is 0 Å². The van der Waals surface area contributed by atoms with E-state index in [1.165, 1.54) is 0 Å². The van der Waals surface area contributed by atoms with Gasteiger partial charge in [0.25, 0.3) is 5.56 Å². The molecule has 30 heavy (non-hydrogen) atoms. The van der Waals surface area contributed by atoms with E-state index in [1.54, 1.807) is 10.8 Å². The molecule has 4 aromatic rings. The zero-order chi connectivity index (χ0) is 20.5. The van der Waals surface area contributed by atoms with Crippen LogP contribution in [0.3, 0.4) is 0 Å². The summed E-state index contributed by atoms with van der Waals surface area (Å²) in [5, 5.41) is 0.549. The van der Waals surface area contributed by atoms with E-state index in [1.807, 2.05) is 66.7 Å². The molecule has 5 rings (SSSR count). The van der Waals surface area contributed by atoms with Crippen LogP contribution in [-0.2, 0) is 6.67 Å². The molecule has 0 fully saturated rings. The van der Waals surface area contributed by atoms with E-state index in [9.17, 15) is 4.79 Å². The van der Waals surface area contributed by atoms with Gasteiger partial charge in [0.05, 0.1) is 18.7 Å². The minimum Gasteiger partial charge on any atom is -0.298 e. The number of para-hydroxylation sites is 1. The molecule has 2 aromatic heterocycles. The summed E-state index contributed by atoms with van der Waals surface area (Å²) in [7, 11) is 0. The largest absolute Gasteiger partial charge is 0.298 e. The Labute approximate surface area is 179 Å². The first-order valence-electron chi connectivity index (χ1n) is 9.87. The number of nitrogens with zero attached hydrogens (tertiary/aromatic N) is 5. The molecule has 0 radical (unpaired) electrons. The molecule has 0 amide bonds. The lowest BCUT2D eigenvalue weighted by Crippen LogP contribution is -2.47. The number of fused-ring (bicyclic) bond motifs is 2. The van der Waals surface area contributed by atoms with Crippen molar-refractivity contribution in [1.29, 1.82) is 0 Å². The average Bonchev–Trinajstić information content (AvgIpc) is 2.80. The van der Waals surface area contributed by atoms with Gasteiger partial charge in [0.2, 0.25) is 5.95 Å². The molecule has 0 spiro atoms. The van der Waals surface area contributed by atoms with E-state index in [-0.39, 0.29) is 5.56 Å². The van der Waals surface area contributed by atoms with Gasteiger partial charge in [-0.15, -0.1) is 0 Å². The first kappa shape index (κ1) is 18.8. The Morgan fingerprint density at radius 3 is 2.40 bits per heavy atom. The van der Waals surface area contributed by atoms with Gasteiger partial charge in [-0.2, -0.15) is 17.6 Å². The Morgan fingerprint density at radius 1 is 0.933 bits per heavy atom. The predicted octanol–water partition coefficient (Wildman–Crippen LogP) is 3.76. The van der Waals surface area contributed by atoms with Crippen molar-refractivity contribution in [2.75, 3.05) is 23.9 Å². The maximum Gasteiger partial charge on any atom is 0.266 e. The Morgan fingerprint density at radius 2 is 1.67 bits per heavy atom. The lowest BCUT2D eigenvalue weighted by Gasteiger charge is -2.37. The molecule has 0 saturated heterocycles. The number of hydrogen-bond acceptors (Lipinski definition) is 6. The summed E-state index contributed by atoms with van der Waals surface area (Å²) in [6.45, 7) is 1.89. The maximum absolute atomic E-state index is 13.7. The molecule has 3 heterocycles. The van der Waals surface area contributed by atoms with Gasteiger partial charge in [0.1, 0.15) is 0 Å². The third-order valence-electron chi connectivity index (χ3n) is 5.33. The van der Waals surface area contributed by atoms with Crippen molar-refractivity contribution in [2.24, 2.45) is 0 Å². The smallest absolute Gasteiger partial charge is 0.266 e. The fraction of sp³-hybridized carbons (Fsp3) is 0.174. The van der Waals surface area contributed by atoms with E-state index in [0.717, 1.165) is 23.4 Å². The molecule has 150 valence electrons. The number of benzene rings is 2. The molecule has 1 aliphatic rings. The molecule has 0 atom stereocenters. The number of hydrogen-bond donors (Lipinski definition) is 1. The fourth-order valence-corrected chi connectivity index (χ4v) is 4.20. The average molecular weight is 416 g/mol. The zero-order valence-electron chi connectivity index (χ0n) is 16.3. The second-order valence-electron chi connectivity index (χ2n) is 7.23. The van der Waals surface area contributed by atoms with E-state index in [0.29, 0.717) is 36.1 Å². The van der Waals surface area contributed by atoms with Crippen LogP contribution in [0.4, 0.5) is 11.6 Å². The summed E-state index contributed by atoms with van der Waals surface area (Å²) in [5.74, 6) is 1.33. The van der Waals surface area contributed by atoms with Crippen molar-refractivity contribution in [1.82, 2.24) is 19.4 Å². The quantitative estimate of drug-likeness (QED) is 0.515. The van der Waals surface area contributed by atoms with Crippen molar-refractivity contribution in [3.8, 4) is 11.1 Å². The molecular formula is C23H21N5OS. The van der Waals surface area contributed by atoms with Gasteiger partial charge in [-0.3, -0.25) is 19.2 Å². The molecule has 0 bridgehead atoms. The first-order chi connectivity index (χ1) is 14.8. The Kier molecular flexibility index (Phi) is 4.98. The van der Waals surface area contributed by atoms with Crippen LogP contribution >= 0.6 is 12.6 Å². The van der Waals surface area contributed by atoms with E-state index >= 15 is 0 Å². The van der Waals surface area contributed by atoms with Gasteiger partial charge in [0, 0.05) is 24.2 Å². The fourth-order valence-electron chi connectivity index (χ4n) is 3.91. The van der Waals surface area contributed by atoms with Crippen LogP contribution in [0.25, 0.3) is 22.2 Å². The Hall–Kier alpha value is -3.16. The van der Waals surface area contributed by atoms with Gasteiger partial charge < -0.3 is 0 Å². The van der Waals surface area contributed by atoms with E-state index < -0.39 is 0 Å². The standard InChI is InChI=1S/C23H21N5OS/c29-22-20-19(17-7-3-1-4-8-17)11-12-24-21(20)25-23-27(18-9-5-2-6-10-18)15-26(13-14-30)16-28(22)23/h1-12,30H,13-16H2. The second kappa shape index (κ2) is 7.93. The van der Waals surface area contributed by atoms with Crippen LogP contribution in [0.2, 0.25) is 0 Å². The third-order valence-corrected chi connectivity index (χ3v) is 5.53. The zero-order valence-corrected chi connectivity index (χ0v) is 17.2. The molecule has 7 heteroatoms. The summed E-state index contributed by atoms with van der Waals surface area (Å²) in [4.78, 5) is 27.2. The first-order valence-corrected chi connectivity index (χ1v) is 10.5. The monoisotopic (exact) mass is 415 g/mol. The maximum atomic E-state index is 13.7. The van der Waals surface area contributed by atoms with Gasteiger partial charge in [-0.05, 0) is 29.3 Å². The summed E-state index contributed by atoms with van der Waals surface area (Å²) < 4.78 is 1.75. The van der Waals surface area contributed by atoms with Gasteiger partial charge >= 0.3 is 0 Å². The lowest BCUT2D eigenvalue weighted by molar-refractivity contribution is 0.212. The number of thiol groups is 1. The minimum atomic E-state index is -0.0771. The second-order valence-corrected chi connectivity index (χ2v) is 7.68. The van der Waals surface area contributed by atoms with Crippen LogP contribution in [0.5, 0.6) is 0 Å². The van der Waals surface area contributed by atoms with Crippen LogP contribution in [0.15, 0.2) is 77.7 Å². The minimum absolute atomic E-state index is 0.0771. The summed E-state index contributed by atoms with van der Waals surface area (Å²) >= 11 is 4.39. The normalized spacial score (nSPS) is 14.1. The summed E-state index contributed by atoms with van der Waals surface area (Å²) in [6, 6.07) is 21.8. The highest BCUT2D eigenvalue weighted by molar-refractivity contribution is 7.80. The molecule has 2 aromatic carbocycles. The SMILES string of the molecule is O=c1c2c(-c3ccccc3)ccnc2nc2n1CN(CCS)CN2c1ccccc1. The van der Waals surface area contributed by atoms with Gasteiger partial charge in [-0.1, -0.05) is 48.5 Å². The molecule has 1 aliphatic heterocycles. The van der Waals surface area contributed by atoms with Crippen molar-refractivity contribution in [3.05, 3.63) is 83.3 Å². The summed E-state index contributed by atoms with van der Waals surface area (Å²) in [6.07, 6.45) is 1.72. The molecule has 0 saturated carbocycles. The third kappa shape index (κ3) is 3.26. The topological polar surface area (TPSA) is 54.3 Å². The van der Waals surface area contributed by atoms with Crippen molar-refractivity contribution < 1.29 is 0 Å². The highest BCUT2D eigenvalue weighted by Gasteiger charge is 2.27. The van der Waals surface area contributed by atoms with E-state index in [4.69, 9.17) is 4.98 Å². The van der Waals surface area contributed by atoms with Crippen LogP contribution in [0.1, 0.15) is 0 Å². The molecule has 0 aliphatic carbocycles. The molecule has 0 unspecified atom stereocenters. The van der Waals surface area contributed by atoms with Crippen molar-refractivity contribution in [3.63, 3.8) is 0 Å². The molecule has 0 N–H and O–H groups in total. The number of pyridine rings is 1. The van der Waals surface area contributed by atoms with Crippen LogP contribution < -0.4 is 10.5 Å². The Balaban J connectivity index is 1.75. The molecular weight excluding hydrogens is 394 g/mol. The Bertz CT molecular complexity index is 1240. The van der Waals surface area contributed by atoms with Gasteiger partial charge in [0.15, 0.2) is 5.65 Å².